The molecule has 0 saturated carbocycles. The molecule has 0 aliphatic carbocycles. The standard InChI is InChI=1S/C15H22N4O/c1-3-15(13-5-7-14(20-2)8-6-13)16-9-4-11-19-12-10-17-18-19/h5-8,10,12,15-16H,3-4,9,11H2,1-2H3. The maximum atomic E-state index is 5.19. The summed E-state index contributed by atoms with van der Waals surface area (Å²) < 4.78 is 7.04. The van der Waals surface area contributed by atoms with Gasteiger partial charge in [0, 0.05) is 18.8 Å². The molecule has 1 aromatic heterocycles. The van der Waals surface area contributed by atoms with Crippen molar-refractivity contribution >= 4 is 0 Å². The number of methoxy groups -OCH3 is 1. The van der Waals surface area contributed by atoms with Gasteiger partial charge in [-0.2, -0.15) is 0 Å². The number of ether oxygens (including phenoxy) is 1. The summed E-state index contributed by atoms with van der Waals surface area (Å²) in [7, 11) is 1.69. The first-order valence-electron chi connectivity index (χ1n) is 7.05. The molecule has 20 heavy (non-hydrogen) atoms. The number of benzene rings is 1. The Kier molecular flexibility index (Phi) is 5.55. The third-order valence-electron chi connectivity index (χ3n) is 3.35. The van der Waals surface area contributed by atoms with Gasteiger partial charge < -0.3 is 10.1 Å². The van der Waals surface area contributed by atoms with Crippen LogP contribution < -0.4 is 10.1 Å². The van der Waals surface area contributed by atoms with E-state index in [1.807, 2.05) is 23.0 Å². The quantitative estimate of drug-likeness (QED) is 0.751. The van der Waals surface area contributed by atoms with Crippen molar-refractivity contribution in [2.75, 3.05) is 13.7 Å². The molecule has 1 unspecified atom stereocenters. The van der Waals surface area contributed by atoms with Crippen LogP contribution in [0, 0.1) is 0 Å². The first-order chi connectivity index (χ1) is 9.83. The molecular formula is C15H22N4O. The second-order valence-corrected chi connectivity index (χ2v) is 4.71. The molecule has 0 saturated heterocycles. The van der Waals surface area contributed by atoms with Crippen LogP contribution in [0.25, 0.3) is 0 Å². The van der Waals surface area contributed by atoms with E-state index in [1.54, 1.807) is 13.3 Å². The number of hydrogen-bond donors (Lipinski definition) is 1. The summed E-state index contributed by atoms with van der Waals surface area (Å²) in [5, 5.41) is 11.3. The SMILES string of the molecule is CCC(NCCCn1ccnn1)c1ccc(OC)cc1. The molecule has 0 aliphatic heterocycles. The number of hydrogen-bond acceptors (Lipinski definition) is 4. The number of aromatic nitrogens is 3. The Balaban J connectivity index is 1.79. The van der Waals surface area contributed by atoms with E-state index in [-0.39, 0.29) is 0 Å². The van der Waals surface area contributed by atoms with Gasteiger partial charge in [0.25, 0.3) is 0 Å². The average Bonchev–Trinajstić information content (AvgIpc) is 3.01. The Morgan fingerprint density at radius 3 is 2.70 bits per heavy atom. The van der Waals surface area contributed by atoms with E-state index in [0.29, 0.717) is 6.04 Å². The van der Waals surface area contributed by atoms with Crippen molar-refractivity contribution in [2.24, 2.45) is 0 Å². The van der Waals surface area contributed by atoms with Crippen molar-refractivity contribution in [2.45, 2.75) is 32.4 Å². The summed E-state index contributed by atoms with van der Waals surface area (Å²) in [4.78, 5) is 0. The van der Waals surface area contributed by atoms with Crippen LogP contribution in [-0.4, -0.2) is 28.6 Å². The van der Waals surface area contributed by atoms with E-state index in [0.717, 1.165) is 31.7 Å². The minimum Gasteiger partial charge on any atom is -0.497 e. The molecule has 108 valence electrons. The van der Waals surface area contributed by atoms with Crippen LogP contribution in [0.2, 0.25) is 0 Å². The summed E-state index contributed by atoms with van der Waals surface area (Å²) in [6, 6.07) is 8.65. The van der Waals surface area contributed by atoms with Crippen LogP contribution in [0.4, 0.5) is 0 Å². The fourth-order valence-electron chi connectivity index (χ4n) is 2.20. The molecule has 0 fully saturated rings. The lowest BCUT2D eigenvalue weighted by atomic mass is 10.0. The molecule has 0 spiro atoms. The molecule has 5 nitrogen and oxygen atoms in total. The van der Waals surface area contributed by atoms with Crippen LogP contribution in [0.5, 0.6) is 5.75 Å². The smallest absolute Gasteiger partial charge is 0.118 e. The zero-order valence-corrected chi connectivity index (χ0v) is 12.1. The molecule has 1 heterocycles. The van der Waals surface area contributed by atoms with Gasteiger partial charge in [-0.25, -0.2) is 0 Å². The minimum absolute atomic E-state index is 0.386. The Morgan fingerprint density at radius 2 is 2.10 bits per heavy atom. The lowest BCUT2D eigenvalue weighted by molar-refractivity contribution is 0.414. The molecule has 1 atom stereocenters. The van der Waals surface area contributed by atoms with Crippen molar-refractivity contribution in [1.82, 2.24) is 20.3 Å². The van der Waals surface area contributed by atoms with Crippen molar-refractivity contribution < 1.29 is 4.74 Å². The molecule has 0 amide bonds. The number of nitrogens with one attached hydrogen (secondary N) is 1. The van der Waals surface area contributed by atoms with Crippen LogP contribution in [-0.2, 0) is 6.54 Å². The highest BCUT2D eigenvalue weighted by Crippen LogP contribution is 2.19. The highest BCUT2D eigenvalue weighted by atomic mass is 16.5. The normalized spacial score (nSPS) is 12.3. The first-order valence-corrected chi connectivity index (χ1v) is 7.05. The molecule has 2 aromatic rings. The van der Waals surface area contributed by atoms with Gasteiger partial charge >= 0.3 is 0 Å². The third kappa shape index (κ3) is 4.06. The largest absolute Gasteiger partial charge is 0.497 e. The molecule has 2 rings (SSSR count). The van der Waals surface area contributed by atoms with E-state index < -0.39 is 0 Å². The van der Waals surface area contributed by atoms with Crippen molar-refractivity contribution in [3.05, 3.63) is 42.2 Å². The highest BCUT2D eigenvalue weighted by molar-refractivity contribution is 5.29. The fourth-order valence-corrected chi connectivity index (χ4v) is 2.20. The average molecular weight is 274 g/mol. The van der Waals surface area contributed by atoms with Gasteiger partial charge in [-0.15, -0.1) is 5.10 Å². The first kappa shape index (κ1) is 14.5. The monoisotopic (exact) mass is 274 g/mol. The van der Waals surface area contributed by atoms with E-state index >= 15 is 0 Å². The molecule has 1 N–H and O–H groups in total. The van der Waals surface area contributed by atoms with Gasteiger partial charge in [0.1, 0.15) is 5.75 Å². The van der Waals surface area contributed by atoms with Crippen molar-refractivity contribution in [3.63, 3.8) is 0 Å². The fraction of sp³-hybridized carbons (Fsp3) is 0.467. The van der Waals surface area contributed by atoms with E-state index in [4.69, 9.17) is 4.74 Å². The third-order valence-corrected chi connectivity index (χ3v) is 3.35. The predicted octanol–water partition coefficient (Wildman–Crippen LogP) is 2.42. The maximum Gasteiger partial charge on any atom is 0.118 e. The summed E-state index contributed by atoms with van der Waals surface area (Å²) in [6.07, 6.45) is 5.70. The second-order valence-electron chi connectivity index (χ2n) is 4.71. The predicted molar refractivity (Wildman–Crippen MR) is 78.7 cm³/mol. The van der Waals surface area contributed by atoms with E-state index in [1.165, 1.54) is 5.56 Å². The summed E-state index contributed by atoms with van der Waals surface area (Å²) in [5.74, 6) is 0.898. The molecule has 0 aliphatic rings. The Bertz CT molecular complexity index is 481. The summed E-state index contributed by atoms with van der Waals surface area (Å²) in [6.45, 7) is 4.05. The second kappa shape index (κ2) is 7.65. The van der Waals surface area contributed by atoms with Crippen LogP contribution in [0.15, 0.2) is 36.7 Å². The minimum atomic E-state index is 0.386. The summed E-state index contributed by atoms with van der Waals surface area (Å²) >= 11 is 0. The van der Waals surface area contributed by atoms with Crippen molar-refractivity contribution in [1.29, 1.82) is 0 Å². The number of rotatable bonds is 8. The number of nitrogens with zero attached hydrogens (tertiary/aromatic N) is 3. The van der Waals surface area contributed by atoms with Gasteiger partial charge in [0.15, 0.2) is 0 Å². The zero-order chi connectivity index (χ0) is 14.2. The number of aryl methyl sites for hydroxylation is 1. The zero-order valence-electron chi connectivity index (χ0n) is 12.1. The van der Waals surface area contributed by atoms with Crippen LogP contribution in [0.1, 0.15) is 31.4 Å². The Morgan fingerprint density at radius 1 is 1.30 bits per heavy atom. The van der Waals surface area contributed by atoms with Crippen LogP contribution >= 0.6 is 0 Å². The molecular weight excluding hydrogens is 252 g/mol. The molecule has 0 bridgehead atoms. The van der Waals surface area contributed by atoms with Gasteiger partial charge in [0.2, 0.25) is 0 Å². The van der Waals surface area contributed by atoms with Gasteiger partial charge in [-0.3, -0.25) is 4.68 Å². The molecule has 1 aromatic carbocycles. The Labute approximate surface area is 120 Å². The lowest BCUT2D eigenvalue weighted by Gasteiger charge is -2.17. The summed E-state index contributed by atoms with van der Waals surface area (Å²) in [5.41, 5.74) is 1.30. The van der Waals surface area contributed by atoms with Gasteiger partial charge in [-0.05, 0) is 37.1 Å². The highest BCUT2D eigenvalue weighted by Gasteiger charge is 2.08. The van der Waals surface area contributed by atoms with Gasteiger partial charge in [-0.1, -0.05) is 24.3 Å². The maximum absolute atomic E-state index is 5.19. The van der Waals surface area contributed by atoms with Crippen LogP contribution in [0.3, 0.4) is 0 Å². The lowest BCUT2D eigenvalue weighted by Crippen LogP contribution is -2.23. The van der Waals surface area contributed by atoms with E-state index in [9.17, 15) is 0 Å². The molecule has 5 heteroatoms. The van der Waals surface area contributed by atoms with E-state index in [2.05, 4.69) is 34.7 Å². The molecule has 0 radical (unpaired) electrons. The van der Waals surface area contributed by atoms with Crippen molar-refractivity contribution in [3.8, 4) is 5.75 Å². The Hall–Kier alpha value is -1.88. The van der Waals surface area contributed by atoms with Gasteiger partial charge in [0.05, 0.1) is 13.3 Å². The topological polar surface area (TPSA) is 52.0 Å².